The number of nitrogens with two attached hydrogens (primary N) is 1. The number of hydrogen-bond donors (Lipinski definition) is 1. The van der Waals surface area contributed by atoms with E-state index in [2.05, 4.69) is 0 Å². The molecule has 0 heterocycles. The van der Waals surface area contributed by atoms with Crippen LogP contribution in [0.2, 0.25) is 5.02 Å². The Bertz CT molecular complexity index is 629. The molecule has 0 aliphatic heterocycles. The minimum absolute atomic E-state index is 0.336. The molecule has 0 saturated heterocycles. The fraction of sp³-hybridized carbons (Fsp3) is 0.188. The van der Waals surface area contributed by atoms with Gasteiger partial charge in [0.05, 0.1) is 20.3 Å². The van der Waals surface area contributed by atoms with Crippen LogP contribution < -0.4 is 10.5 Å². The highest BCUT2D eigenvalue weighted by molar-refractivity contribution is 7.80. The molecule has 0 fully saturated rings. The van der Waals surface area contributed by atoms with Crippen molar-refractivity contribution in [2.45, 2.75) is 13.2 Å². The molecular weight excluding hydrogens is 306 g/mol. The van der Waals surface area contributed by atoms with Gasteiger partial charge in [-0.1, -0.05) is 48.1 Å². The number of hydrogen-bond acceptors (Lipinski definition) is 3. The van der Waals surface area contributed by atoms with Crippen molar-refractivity contribution in [2.75, 3.05) is 7.11 Å². The number of thiocarbonyl (C=S) groups is 1. The van der Waals surface area contributed by atoms with Gasteiger partial charge in [-0.15, -0.1) is 0 Å². The highest BCUT2D eigenvalue weighted by Crippen LogP contribution is 2.20. The molecule has 0 bridgehead atoms. The maximum Gasteiger partial charge on any atom is 0.118 e. The third-order valence-corrected chi connectivity index (χ3v) is 3.61. The minimum atomic E-state index is 0.336. The molecule has 0 aliphatic rings. The molecule has 21 heavy (non-hydrogen) atoms. The zero-order valence-corrected chi connectivity index (χ0v) is 13.2. The summed E-state index contributed by atoms with van der Waals surface area (Å²) in [5.74, 6) is 0.829. The largest absolute Gasteiger partial charge is 0.497 e. The van der Waals surface area contributed by atoms with Crippen molar-refractivity contribution in [3.63, 3.8) is 0 Å². The lowest BCUT2D eigenvalue weighted by molar-refractivity contribution is 0.107. The topological polar surface area (TPSA) is 44.5 Å². The summed E-state index contributed by atoms with van der Waals surface area (Å²) < 4.78 is 10.8. The second kappa shape index (κ2) is 7.41. The van der Waals surface area contributed by atoms with Crippen LogP contribution in [-0.4, -0.2) is 12.1 Å². The predicted molar refractivity (Wildman–Crippen MR) is 88.8 cm³/mol. The van der Waals surface area contributed by atoms with Gasteiger partial charge in [-0.2, -0.15) is 0 Å². The molecule has 3 nitrogen and oxygen atoms in total. The van der Waals surface area contributed by atoms with Crippen LogP contribution in [-0.2, 0) is 18.0 Å². The number of benzene rings is 2. The summed E-state index contributed by atoms with van der Waals surface area (Å²) >= 11 is 11.1. The van der Waals surface area contributed by atoms with E-state index < -0.39 is 0 Å². The highest BCUT2D eigenvalue weighted by atomic mass is 35.5. The Kier molecular flexibility index (Phi) is 5.56. The van der Waals surface area contributed by atoms with Crippen LogP contribution in [0.5, 0.6) is 5.75 Å². The van der Waals surface area contributed by atoms with E-state index in [0.717, 1.165) is 22.4 Å². The molecule has 0 aliphatic carbocycles. The Morgan fingerprint density at radius 3 is 2.43 bits per heavy atom. The van der Waals surface area contributed by atoms with E-state index >= 15 is 0 Å². The third kappa shape index (κ3) is 4.43. The van der Waals surface area contributed by atoms with E-state index in [1.165, 1.54) is 0 Å². The summed E-state index contributed by atoms with van der Waals surface area (Å²) in [6.45, 7) is 0.944. The first kappa shape index (κ1) is 15.8. The number of rotatable bonds is 6. The second-order valence-electron chi connectivity index (χ2n) is 4.51. The van der Waals surface area contributed by atoms with Crippen LogP contribution in [0.15, 0.2) is 42.5 Å². The summed E-state index contributed by atoms with van der Waals surface area (Å²) in [6, 6.07) is 13.2. The molecule has 0 unspecified atom stereocenters. The first-order valence-corrected chi connectivity index (χ1v) is 7.17. The lowest BCUT2D eigenvalue weighted by Gasteiger charge is -2.08. The molecule has 2 aromatic carbocycles. The van der Waals surface area contributed by atoms with E-state index in [4.69, 9.17) is 39.0 Å². The Morgan fingerprint density at radius 1 is 1.14 bits per heavy atom. The maximum atomic E-state index is 6.18. The van der Waals surface area contributed by atoms with Gasteiger partial charge in [0.1, 0.15) is 10.7 Å². The van der Waals surface area contributed by atoms with Gasteiger partial charge < -0.3 is 15.2 Å². The summed E-state index contributed by atoms with van der Waals surface area (Å²) in [4.78, 5) is 0.336. The number of ether oxygens (including phenoxy) is 2. The van der Waals surface area contributed by atoms with Crippen molar-refractivity contribution in [2.24, 2.45) is 5.73 Å². The van der Waals surface area contributed by atoms with Gasteiger partial charge in [0.2, 0.25) is 0 Å². The standard InChI is InChI=1S/C16H16ClNO2S/c1-19-14-6-2-11(3-7-14)9-20-10-13-5-4-12(16(18)21)8-15(13)17/h2-8H,9-10H2,1H3,(H2,18,21). The van der Waals surface area contributed by atoms with Crippen molar-refractivity contribution in [3.8, 4) is 5.75 Å². The van der Waals surface area contributed by atoms with Gasteiger partial charge in [-0.25, -0.2) is 0 Å². The lowest BCUT2D eigenvalue weighted by Crippen LogP contribution is -2.09. The van der Waals surface area contributed by atoms with E-state index in [0.29, 0.717) is 23.2 Å². The predicted octanol–water partition coefficient (Wildman–Crippen LogP) is 3.70. The average molecular weight is 322 g/mol. The second-order valence-corrected chi connectivity index (χ2v) is 5.36. The summed E-state index contributed by atoms with van der Waals surface area (Å²) in [5.41, 5.74) is 8.31. The monoisotopic (exact) mass is 321 g/mol. The van der Waals surface area contributed by atoms with Crippen molar-refractivity contribution in [3.05, 3.63) is 64.2 Å². The summed E-state index contributed by atoms with van der Waals surface area (Å²) in [7, 11) is 1.64. The Hall–Kier alpha value is -1.62. The van der Waals surface area contributed by atoms with Crippen LogP contribution in [0.3, 0.4) is 0 Å². The fourth-order valence-electron chi connectivity index (χ4n) is 1.82. The van der Waals surface area contributed by atoms with Crippen molar-refractivity contribution < 1.29 is 9.47 Å². The van der Waals surface area contributed by atoms with Crippen LogP contribution in [0.1, 0.15) is 16.7 Å². The van der Waals surface area contributed by atoms with Gasteiger partial charge in [-0.05, 0) is 29.3 Å². The minimum Gasteiger partial charge on any atom is -0.497 e. The van der Waals surface area contributed by atoms with Crippen LogP contribution in [0, 0.1) is 0 Å². The Labute approximate surface area is 134 Å². The van der Waals surface area contributed by atoms with Crippen LogP contribution in [0.25, 0.3) is 0 Å². The smallest absolute Gasteiger partial charge is 0.118 e. The van der Waals surface area contributed by atoms with Crippen molar-refractivity contribution in [1.29, 1.82) is 0 Å². The summed E-state index contributed by atoms with van der Waals surface area (Å²) in [6.07, 6.45) is 0. The molecule has 0 saturated carbocycles. The van der Waals surface area contributed by atoms with Gasteiger partial charge in [0.25, 0.3) is 0 Å². The molecule has 0 spiro atoms. The third-order valence-electron chi connectivity index (χ3n) is 3.02. The molecule has 2 rings (SSSR count). The molecule has 0 radical (unpaired) electrons. The molecule has 0 aromatic heterocycles. The van der Waals surface area contributed by atoms with Gasteiger partial charge in [0.15, 0.2) is 0 Å². The molecule has 0 amide bonds. The Balaban J connectivity index is 1.92. The van der Waals surface area contributed by atoms with E-state index in [1.807, 2.05) is 36.4 Å². The normalized spacial score (nSPS) is 10.4. The molecule has 0 atom stereocenters. The zero-order chi connectivity index (χ0) is 15.2. The van der Waals surface area contributed by atoms with E-state index in [1.54, 1.807) is 13.2 Å². The number of halogens is 1. The Morgan fingerprint density at radius 2 is 1.86 bits per heavy atom. The summed E-state index contributed by atoms with van der Waals surface area (Å²) in [5, 5.41) is 0.607. The molecule has 110 valence electrons. The fourth-order valence-corrected chi connectivity index (χ4v) is 2.18. The van der Waals surface area contributed by atoms with Crippen LogP contribution >= 0.6 is 23.8 Å². The van der Waals surface area contributed by atoms with E-state index in [9.17, 15) is 0 Å². The molecule has 5 heteroatoms. The first-order valence-electron chi connectivity index (χ1n) is 6.39. The SMILES string of the molecule is COc1ccc(COCc2ccc(C(N)=S)cc2Cl)cc1. The molecule has 2 aromatic rings. The number of methoxy groups -OCH3 is 1. The van der Waals surface area contributed by atoms with E-state index in [-0.39, 0.29) is 0 Å². The molecule has 2 N–H and O–H groups in total. The van der Waals surface area contributed by atoms with Crippen LogP contribution in [0.4, 0.5) is 0 Å². The lowest BCUT2D eigenvalue weighted by atomic mass is 10.1. The van der Waals surface area contributed by atoms with Crippen molar-refractivity contribution >= 4 is 28.8 Å². The van der Waals surface area contributed by atoms with Gasteiger partial charge in [0, 0.05) is 10.6 Å². The first-order chi connectivity index (χ1) is 10.1. The molecular formula is C16H16ClNO2S. The van der Waals surface area contributed by atoms with Crippen molar-refractivity contribution in [1.82, 2.24) is 0 Å². The zero-order valence-electron chi connectivity index (χ0n) is 11.6. The highest BCUT2D eigenvalue weighted by Gasteiger charge is 2.04. The van der Waals surface area contributed by atoms with Gasteiger partial charge in [-0.3, -0.25) is 0 Å². The van der Waals surface area contributed by atoms with Gasteiger partial charge >= 0.3 is 0 Å². The quantitative estimate of drug-likeness (QED) is 0.824. The average Bonchev–Trinajstić information content (AvgIpc) is 2.49. The maximum absolute atomic E-state index is 6.18.